The van der Waals surface area contributed by atoms with Crippen molar-refractivity contribution in [3.8, 4) is 5.75 Å². The van der Waals surface area contributed by atoms with Crippen molar-refractivity contribution in [2.45, 2.75) is 19.5 Å². The molecule has 1 aliphatic heterocycles. The van der Waals surface area contributed by atoms with E-state index < -0.39 is 23.7 Å². The molecule has 0 aliphatic carbocycles. The number of aliphatic hydroxyl groups is 1. The Balaban J connectivity index is 1.87. The van der Waals surface area contributed by atoms with Gasteiger partial charge < -0.3 is 19.8 Å². The minimum Gasteiger partial charge on any atom is -0.507 e. The Labute approximate surface area is 206 Å². The van der Waals surface area contributed by atoms with Crippen molar-refractivity contribution in [1.82, 2.24) is 4.90 Å². The number of aryl methyl sites for hydroxylation is 1. The molecule has 2 N–H and O–H groups in total. The van der Waals surface area contributed by atoms with Crippen LogP contribution >= 0.6 is 11.6 Å². The number of methoxy groups -OCH3 is 1. The van der Waals surface area contributed by atoms with Crippen molar-refractivity contribution in [2.75, 3.05) is 7.11 Å². The minimum atomic E-state index is -1.06. The molecule has 35 heavy (non-hydrogen) atoms. The zero-order valence-corrected chi connectivity index (χ0v) is 19.7. The number of ketones is 1. The Hall–Kier alpha value is -4.10. The lowest BCUT2D eigenvalue weighted by atomic mass is 9.94. The Kier molecular flexibility index (Phi) is 6.62. The van der Waals surface area contributed by atoms with Crippen molar-refractivity contribution in [2.24, 2.45) is 0 Å². The number of carboxylic acids is 1. The summed E-state index contributed by atoms with van der Waals surface area (Å²) in [6, 6.07) is 17.4. The van der Waals surface area contributed by atoms with Gasteiger partial charge in [-0.05, 0) is 47.9 Å². The van der Waals surface area contributed by atoms with E-state index in [-0.39, 0.29) is 39.8 Å². The van der Waals surface area contributed by atoms with E-state index in [1.165, 1.54) is 24.1 Å². The van der Waals surface area contributed by atoms with Gasteiger partial charge in [0.05, 0.1) is 34.9 Å². The molecule has 1 aliphatic rings. The van der Waals surface area contributed by atoms with Gasteiger partial charge in [0.25, 0.3) is 11.7 Å². The molecule has 7 nitrogen and oxygen atoms in total. The third kappa shape index (κ3) is 4.50. The Morgan fingerprint density at radius 3 is 2.29 bits per heavy atom. The van der Waals surface area contributed by atoms with Crippen LogP contribution in [0.2, 0.25) is 5.02 Å². The molecule has 1 amide bonds. The normalized spacial score (nSPS) is 17.0. The largest absolute Gasteiger partial charge is 0.507 e. The second-order valence-electron chi connectivity index (χ2n) is 8.17. The highest BCUT2D eigenvalue weighted by molar-refractivity contribution is 6.46. The fourth-order valence-corrected chi connectivity index (χ4v) is 4.58. The summed E-state index contributed by atoms with van der Waals surface area (Å²) in [5.74, 6) is -2.87. The summed E-state index contributed by atoms with van der Waals surface area (Å²) in [6.07, 6.45) is 0. The molecular formula is C27H22ClNO6. The van der Waals surface area contributed by atoms with Crippen molar-refractivity contribution < 1.29 is 29.3 Å². The van der Waals surface area contributed by atoms with Crippen LogP contribution in [-0.4, -0.2) is 39.9 Å². The van der Waals surface area contributed by atoms with Gasteiger partial charge in [-0.1, -0.05) is 54.1 Å². The quantitative estimate of drug-likeness (QED) is 0.286. The van der Waals surface area contributed by atoms with Crippen LogP contribution in [0.15, 0.2) is 72.3 Å². The van der Waals surface area contributed by atoms with Gasteiger partial charge in [0.15, 0.2) is 0 Å². The van der Waals surface area contributed by atoms with Gasteiger partial charge in [0.1, 0.15) is 11.5 Å². The molecule has 4 rings (SSSR count). The molecule has 178 valence electrons. The summed E-state index contributed by atoms with van der Waals surface area (Å²) >= 11 is 6.31. The number of amides is 1. The molecule has 1 heterocycles. The summed E-state index contributed by atoms with van der Waals surface area (Å²) in [7, 11) is 1.40. The summed E-state index contributed by atoms with van der Waals surface area (Å²) in [4.78, 5) is 39.0. The second kappa shape index (κ2) is 9.64. The monoisotopic (exact) mass is 491 g/mol. The molecule has 0 radical (unpaired) electrons. The first-order valence-electron chi connectivity index (χ1n) is 10.7. The van der Waals surface area contributed by atoms with Gasteiger partial charge in [-0.3, -0.25) is 9.59 Å². The molecule has 1 unspecified atom stereocenters. The van der Waals surface area contributed by atoms with Crippen LogP contribution in [-0.2, 0) is 16.1 Å². The number of hydrogen-bond donors (Lipinski definition) is 2. The van der Waals surface area contributed by atoms with Crippen LogP contribution in [0.4, 0.5) is 0 Å². The van der Waals surface area contributed by atoms with Crippen LogP contribution in [0.5, 0.6) is 5.75 Å². The highest BCUT2D eigenvalue weighted by Crippen LogP contribution is 2.43. The summed E-state index contributed by atoms with van der Waals surface area (Å²) in [5, 5.41) is 20.8. The number of aromatic carboxylic acids is 1. The van der Waals surface area contributed by atoms with Crippen molar-refractivity contribution in [1.29, 1.82) is 0 Å². The number of likely N-dealkylation sites (tertiary alicyclic amines) is 1. The fourth-order valence-electron chi connectivity index (χ4n) is 4.23. The summed E-state index contributed by atoms with van der Waals surface area (Å²) in [5.41, 5.74) is 2.24. The Morgan fingerprint density at radius 2 is 1.69 bits per heavy atom. The van der Waals surface area contributed by atoms with Crippen LogP contribution in [0.3, 0.4) is 0 Å². The number of aliphatic hydroxyl groups excluding tert-OH is 1. The van der Waals surface area contributed by atoms with Gasteiger partial charge in [0.2, 0.25) is 0 Å². The third-order valence-corrected chi connectivity index (χ3v) is 6.14. The molecule has 3 aromatic rings. The second-order valence-corrected chi connectivity index (χ2v) is 8.57. The van der Waals surface area contributed by atoms with Gasteiger partial charge in [0, 0.05) is 6.54 Å². The molecule has 0 aromatic heterocycles. The van der Waals surface area contributed by atoms with Crippen molar-refractivity contribution in [3.63, 3.8) is 0 Å². The topological polar surface area (TPSA) is 104 Å². The SMILES string of the molecule is COc1c(Cl)cc(C)cc1/C(O)=C1\C(=O)C(=O)N(Cc2ccc(C(=O)O)cc2)C1c1ccccc1. The standard InChI is InChI=1S/C27H22ClNO6/c1-15-12-19(25(35-2)20(28)13-15)23(30)21-22(17-6-4-3-5-7-17)29(26(32)24(21)31)14-16-8-10-18(11-9-16)27(33)34/h3-13,22,30H,14H2,1-2H3,(H,33,34)/b23-21+. The molecule has 0 saturated carbocycles. The lowest BCUT2D eigenvalue weighted by Crippen LogP contribution is -2.29. The van der Waals surface area contributed by atoms with Gasteiger partial charge in [-0.2, -0.15) is 0 Å². The first-order chi connectivity index (χ1) is 16.7. The van der Waals surface area contributed by atoms with Gasteiger partial charge >= 0.3 is 5.97 Å². The first kappa shape index (κ1) is 24.0. The van der Waals surface area contributed by atoms with Crippen LogP contribution in [0.1, 0.15) is 38.7 Å². The molecule has 0 spiro atoms. The van der Waals surface area contributed by atoms with E-state index in [0.717, 1.165) is 5.56 Å². The number of carbonyl (C=O) groups is 3. The number of carbonyl (C=O) groups excluding carboxylic acids is 2. The van der Waals surface area contributed by atoms with Gasteiger partial charge in [-0.15, -0.1) is 0 Å². The van der Waals surface area contributed by atoms with E-state index in [2.05, 4.69) is 0 Å². The van der Waals surface area contributed by atoms with Crippen molar-refractivity contribution >= 4 is 35.0 Å². The number of ether oxygens (including phenoxy) is 1. The molecule has 1 saturated heterocycles. The number of hydrogen-bond acceptors (Lipinski definition) is 5. The number of benzene rings is 3. The van der Waals surface area contributed by atoms with E-state index in [4.69, 9.17) is 21.4 Å². The fraction of sp³-hybridized carbons (Fsp3) is 0.148. The van der Waals surface area contributed by atoms with Gasteiger partial charge in [-0.25, -0.2) is 4.79 Å². The minimum absolute atomic E-state index is 0.0342. The van der Waals surface area contributed by atoms with E-state index in [0.29, 0.717) is 11.1 Å². The number of carboxylic acid groups (broad SMARTS) is 1. The number of Topliss-reactive ketones (excluding diaryl/α,β-unsaturated/α-hetero) is 1. The third-order valence-electron chi connectivity index (χ3n) is 5.86. The maximum atomic E-state index is 13.3. The molecule has 0 bridgehead atoms. The molecule has 1 fully saturated rings. The zero-order valence-electron chi connectivity index (χ0n) is 19.0. The Bertz CT molecular complexity index is 1350. The zero-order chi connectivity index (χ0) is 25.3. The maximum Gasteiger partial charge on any atom is 0.335 e. The lowest BCUT2D eigenvalue weighted by Gasteiger charge is -2.25. The molecular weight excluding hydrogens is 470 g/mol. The number of rotatable bonds is 6. The van der Waals surface area contributed by atoms with E-state index >= 15 is 0 Å². The van der Waals surface area contributed by atoms with E-state index in [1.54, 1.807) is 55.5 Å². The average molecular weight is 492 g/mol. The predicted octanol–water partition coefficient (Wildman–Crippen LogP) is 4.98. The highest BCUT2D eigenvalue weighted by atomic mass is 35.5. The van der Waals surface area contributed by atoms with Crippen LogP contribution < -0.4 is 4.74 Å². The summed E-state index contributed by atoms with van der Waals surface area (Å²) < 4.78 is 5.38. The highest BCUT2D eigenvalue weighted by Gasteiger charge is 2.46. The van der Waals surface area contributed by atoms with Crippen LogP contribution in [0, 0.1) is 6.92 Å². The first-order valence-corrected chi connectivity index (χ1v) is 11.1. The molecule has 1 atom stereocenters. The summed E-state index contributed by atoms with van der Waals surface area (Å²) in [6.45, 7) is 1.82. The van der Waals surface area contributed by atoms with E-state index in [9.17, 15) is 19.5 Å². The smallest absolute Gasteiger partial charge is 0.335 e. The van der Waals surface area contributed by atoms with E-state index in [1.807, 2.05) is 6.07 Å². The Morgan fingerprint density at radius 1 is 1.03 bits per heavy atom. The average Bonchev–Trinajstić information content (AvgIpc) is 3.09. The number of nitrogens with zero attached hydrogens (tertiary/aromatic N) is 1. The maximum absolute atomic E-state index is 13.3. The van der Waals surface area contributed by atoms with Crippen molar-refractivity contribution in [3.05, 3.63) is 105 Å². The molecule has 3 aromatic carbocycles. The number of halogens is 1. The molecule has 8 heteroatoms. The predicted molar refractivity (Wildman–Crippen MR) is 130 cm³/mol. The lowest BCUT2D eigenvalue weighted by molar-refractivity contribution is -0.140. The van der Waals surface area contributed by atoms with Crippen LogP contribution in [0.25, 0.3) is 5.76 Å².